The molecule has 0 fully saturated rings. The minimum absolute atomic E-state index is 0.172. The number of aromatic amines is 1. The Bertz CT molecular complexity index is 359. The van der Waals surface area contributed by atoms with Gasteiger partial charge in [0.2, 0.25) is 0 Å². The molecule has 5 heteroatoms. The molecule has 90 valence electrons. The van der Waals surface area contributed by atoms with Gasteiger partial charge >= 0.3 is 0 Å². The van der Waals surface area contributed by atoms with E-state index in [4.69, 9.17) is 0 Å². The fourth-order valence-electron chi connectivity index (χ4n) is 1.60. The second-order valence-corrected chi connectivity index (χ2v) is 3.80. The number of likely N-dealkylation sites (N-methyl/N-ethyl adjacent to an activating group) is 1. The highest BCUT2D eigenvalue weighted by Gasteiger charge is 2.08. The van der Waals surface area contributed by atoms with Gasteiger partial charge in [-0.05, 0) is 20.0 Å². The Morgan fingerprint density at radius 3 is 2.75 bits per heavy atom. The molecule has 1 rings (SSSR count). The van der Waals surface area contributed by atoms with E-state index in [0.29, 0.717) is 5.82 Å². The van der Waals surface area contributed by atoms with E-state index in [1.54, 1.807) is 6.20 Å². The Labute approximate surface area is 95.9 Å². The van der Waals surface area contributed by atoms with Crippen LogP contribution in [0.2, 0.25) is 0 Å². The predicted molar refractivity (Wildman–Crippen MR) is 65.7 cm³/mol. The summed E-state index contributed by atoms with van der Waals surface area (Å²) in [6.45, 7) is 9.24. The lowest BCUT2D eigenvalue weighted by Crippen LogP contribution is -2.36. The van der Waals surface area contributed by atoms with Gasteiger partial charge in [0.1, 0.15) is 0 Å². The van der Waals surface area contributed by atoms with Crippen molar-refractivity contribution in [1.82, 2.24) is 14.9 Å². The van der Waals surface area contributed by atoms with Gasteiger partial charge in [-0.25, -0.2) is 4.98 Å². The van der Waals surface area contributed by atoms with Crippen LogP contribution in [0.5, 0.6) is 0 Å². The molecule has 5 nitrogen and oxygen atoms in total. The van der Waals surface area contributed by atoms with Crippen molar-refractivity contribution in [1.29, 1.82) is 0 Å². The first-order valence-corrected chi connectivity index (χ1v) is 5.70. The molecule has 1 unspecified atom stereocenters. The van der Waals surface area contributed by atoms with Gasteiger partial charge in [0.05, 0.1) is 0 Å². The molecular weight excluding hydrogens is 204 g/mol. The minimum Gasteiger partial charge on any atom is -0.362 e. The first-order valence-electron chi connectivity index (χ1n) is 5.70. The van der Waals surface area contributed by atoms with E-state index in [2.05, 4.69) is 34.0 Å². The predicted octanol–water partition coefficient (Wildman–Crippen LogP) is 0.912. The first kappa shape index (κ1) is 12.7. The number of hydrogen-bond donors (Lipinski definition) is 2. The van der Waals surface area contributed by atoms with E-state index in [0.717, 1.165) is 19.6 Å². The van der Waals surface area contributed by atoms with Gasteiger partial charge < -0.3 is 15.2 Å². The van der Waals surface area contributed by atoms with Crippen molar-refractivity contribution in [3.8, 4) is 0 Å². The average Bonchev–Trinajstić information content (AvgIpc) is 2.29. The average molecular weight is 224 g/mol. The summed E-state index contributed by atoms with van der Waals surface area (Å²) in [5.74, 6) is 0.391. The Balaban J connectivity index is 2.54. The topological polar surface area (TPSA) is 61.0 Å². The Morgan fingerprint density at radius 1 is 1.50 bits per heavy atom. The lowest BCUT2D eigenvalue weighted by atomic mass is 10.3. The number of rotatable bonds is 6. The molecule has 0 aromatic carbocycles. The highest BCUT2D eigenvalue weighted by molar-refractivity contribution is 5.31. The highest BCUT2D eigenvalue weighted by Crippen LogP contribution is 1.98. The van der Waals surface area contributed by atoms with Crippen LogP contribution in [0.4, 0.5) is 5.82 Å². The third-order valence-corrected chi connectivity index (χ3v) is 2.52. The van der Waals surface area contributed by atoms with Crippen LogP contribution in [0.3, 0.4) is 0 Å². The van der Waals surface area contributed by atoms with Crippen molar-refractivity contribution < 1.29 is 0 Å². The van der Waals surface area contributed by atoms with E-state index < -0.39 is 0 Å². The number of aromatic nitrogens is 2. The van der Waals surface area contributed by atoms with Crippen LogP contribution >= 0.6 is 0 Å². The van der Waals surface area contributed by atoms with Crippen molar-refractivity contribution in [2.75, 3.05) is 25.0 Å². The van der Waals surface area contributed by atoms with Crippen LogP contribution in [-0.4, -0.2) is 40.5 Å². The maximum atomic E-state index is 11.4. The molecule has 0 amide bonds. The molecule has 0 radical (unpaired) electrons. The minimum atomic E-state index is -0.172. The molecule has 1 aromatic heterocycles. The zero-order valence-corrected chi connectivity index (χ0v) is 10.2. The molecule has 0 aliphatic heterocycles. The van der Waals surface area contributed by atoms with Crippen molar-refractivity contribution in [2.45, 2.75) is 26.8 Å². The number of anilines is 1. The Hall–Kier alpha value is -1.36. The van der Waals surface area contributed by atoms with E-state index in [9.17, 15) is 4.79 Å². The quantitative estimate of drug-likeness (QED) is 0.754. The third kappa shape index (κ3) is 3.66. The van der Waals surface area contributed by atoms with Crippen molar-refractivity contribution in [3.63, 3.8) is 0 Å². The maximum absolute atomic E-state index is 11.4. The summed E-state index contributed by atoms with van der Waals surface area (Å²) < 4.78 is 0. The molecule has 1 atom stereocenters. The van der Waals surface area contributed by atoms with Gasteiger partial charge in [0, 0.05) is 25.0 Å². The largest absolute Gasteiger partial charge is 0.362 e. The lowest BCUT2D eigenvalue weighted by molar-refractivity contribution is 0.294. The second kappa shape index (κ2) is 6.27. The van der Waals surface area contributed by atoms with Crippen LogP contribution in [-0.2, 0) is 0 Å². The Kier molecular flexibility index (Phi) is 4.98. The molecule has 1 aromatic rings. The monoisotopic (exact) mass is 224 g/mol. The molecule has 0 saturated heterocycles. The smallest absolute Gasteiger partial charge is 0.290 e. The van der Waals surface area contributed by atoms with Crippen LogP contribution in [0.1, 0.15) is 20.8 Å². The Morgan fingerprint density at radius 2 is 2.19 bits per heavy atom. The van der Waals surface area contributed by atoms with Crippen molar-refractivity contribution in [3.05, 3.63) is 22.7 Å². The van der Waals surface area contributed by atoms with Gasteiger partial charge in [0.15, 0.2) is 5.82 Å². The zero-order valence-electron chi connectivity index (χ0n) is 10.2. The first-order chi connectivity index (χ1) is 7.67. The molecule has 0 bridgehead atoms. The van der Waals surface area contributed by atoms with Gasteiger partial charge in [-0.3, -0.25) is 4.79 Å². The van der Waals surface area contributed by atoms with Crippen LogP contribution in [0, 0.1) is 0 Å². The summed E-state index contributed by atoms with van der Waals surface area (Å²) in [5.41, 5.74) is -0.172. The van der Waals surface area contributed by atoms with Gasteiger partial charge in [-0.1, -0.05) is 13.8 Å². The van der Waals surface area contributed by atoms with E-state index in [1.165, 1.54) is 6.20 Å². The van der Waals surface area contributed by atoms with E-state index in [-0.39, 0.29) is 11.6 Å². The summed E-state index contributed by atoms with van der Waals surface area (Å²) >= 11 is 0. The third-order valence-electron chi connectivity index (χ3n) is 2.52. The maximum Gasteiger partial charge on any atom is 0.290 e. The lowest BCUT2D eigenvalue weighted by Gasteiger charge is -2.23. The summed E-state index contributed by atoms with van der Waals surface area (Å²) in [7, 11) is 0. The zero-order chi connectivity index (χ0) is 12.0. The van der Waals surface area contributed by atoms with Gasteiger partial charge in [-0.15, -0.1) is 0 Å². The molecular formula is C11H20N4O. The van der Waals surface area contributed by atoms with Crippen molar-refractivity contribution >= 4 is 5.82 Å². The number of hydrogen-bond acceptors (Lipinski definition) is 4. The van der Waals surface area contributed by atoms with Crippen molar-refractivity contribution in [2.24, 2.45) is 0 Å². The normalized spacial score (nSPS) is 12.8. The number of H-pyrrole nitrogens is 1. The van der Waals surface area contributed by atoms with Gasteiger partial charge in [-0.2, -0.15) is 0 Å². The van der Waals surface area contributed by atoms with E-state index >= 15 is 0 Å². The molecule has 2 N–H and O–H groups in total. The number of nitrogens with zero attached hydrogens (tertiary/aromatic N) is 2. The fraction of sp³-hybridized carbons (Fsp3) is 0.636. The highest BCUT2D eigenvalue weighted by atomic mass is 16.1. The SMILES string of the molecule is CCN(CC)CC(C)Nc1ncc[nH]c1=O. The standard InChI is InChI=1S/C11H20N4O/c1-4-15(5-2)8-9(3)14-10-11(16)13-7-6-12-10/h6-7,9H,4-5,8H2,1-3H3,(H,12,14)(H,13,16). The van der Waals surface area contributed by atoms with Crippen LogP contribution < -0.4 is 10.9 Å². The molecule has 0 aliphatic carbocycles. The molecule has 16 heavy (non-hydrogen) atoms. The van der Waals surface area contributed by atoms with Crippen LogP contribution in [0.25, 0.3) is 0 Å². The molecule has 1 heterocycles. The summed E-state index contributed by atoms with van der Waals surface area (Å²) in [4.78, 5) is 20.3. The van der Waals surface area contributed by atoms with Crippen LogP contribution in [0.15, 0.2) is 17.2 Å². The van der Waals surface area contributed by atoms with E-state index in [1.807, 2.05) is 6.92 Å². The molecule has 0 aliphatic rings. The summed E-state index contributed by atoms with van der Waals surface area (Å²) in [5, 5.41) is 3.11. The summed E-state index contributed by atoms with van der Waals surface area (Å²) in [6.07, 6.45) is 3.11. The fourth-order valence-corrected chi connectivity index (χ4v) is 1.60. The summed E-state index contributed by atoms with van der Waals surface area (Å²) in [6, 6.07) is 0.205. The van der Waals surface area contributed by atoms with Gasteiger partial charge in [0.25, 0.3) is 5.56 Å². The second-order valence-electron chi connectivity index (χ2n) is 3.80. The molecule has 0 spiro atoms. The molecule has 0 saturated carbocycles. The number of nitrogens with one attached hydrogen (secondary N) is 2.